The van der Waals surface area contributed by atoms with Gasteiger partial charge < -0.3 is 9.52 Å². The minimum atomic E-state index is -0.524. The minimum absolute atomic E-state index is 0.0162. The van der Waals surface area contributed by atoms with E-state index in [1.54, 1.807) is 31.2 Å². The van der Waals surface area contributed by atoms with Crippen LogP contribution in [0.25, 0.3) is 11.1 Å². The molecule has 0 unspecified atom stereocenters. The van der Waals surface area contributed by atoms with E-state index in [4.69, 9.17) is 4.42 Å². The van der Waals surface area contributed by atoms with Crippen LogP contribution in [0.3, 0.4) is 0 Å². The van der Waals surface area contributed by atoms with Crippen molar-refractivity contribution in [1.29, 1.82) is 0 Å². The summed E-state index contributed by atoms with van der Waals surface area (Å²) >= 11 is 0. The first-order chi connectivity index (χ1) is 7.20. The Balaban J connectivity index is 2.73. The minimum Gasteiger partial charge on any atom is -0.507 e. The van der Waals surface area contributed by atoms with Gasteiger partial charge in [-0.2, -0.15) is 0 Å². The predicted octanol–water partition coefficient (Wildman–Crippen LogP) is 2.32. The first-order valence-electron chi connectivity index (χ1n) is 4.57. The van der Waals surface area contributed by atoms with Gasteiger partial charge in [-0.05, 0) is 12.5 Å². The molecule has 1 aromatic heterocycles. The summed E-state index contributed by atoms with van der Waals surface area (Å²) in [6.07, 6.45) is 1.25. The SMILES string of the molecule is Cc1coc(=O)c(-c2ccccc2)c1O. The molecule has 76 valence electrons. The second-order valence-corrected chi connectivity index (χ2v) is 3.30. The Kier molecular flexibility index (Phi) is 2.29. The lowest BCUT2D eigenvalue weighted by molar-refractivity contribution is 0.444. The summed E-state index contributed by atoms with van der Waals surface area (Å²) in [5.41, 5.74) is 0.904. The van der Waals surface area contributed by atoms with E-state index in [0.29, 0.717) is 11.1 Å². The van der Waals surface area contributed by atoms with E-state index in [1.165, 1.54) is 6.26 Å². The molecule has 2 rings (SSSR count). The van der Waals surface area contributed by atoms with Crippen LogP contribution in [0.2, 0.25) is 0 Å². The molecule has 0 fully saturated rings. The van der Waals surface area contributed by atoms with Crippen molar-refractivity contribution in [2.24, 2.45) is 0 Å². The topological polar surface area (TPSA) is 50.4 Å². The van der Waals surface area contributed by atoms with Crippen LogP contribution in [0.4, 0.5) is 0 Å². The van der Waals surface area contributed by atoms with Crippen molar-refractivity contribution in [2.45, 2.75) is 6.92 Å². The van der Waals surface area contributed by atoms with Crippen LogP contribution in [-0.4, -0.2) is 5.11 Å². The summed E-state index contributed by atoms with van der Waals surface area (Å²) in [6.45, 7) is 1.69. The molecular weight excluding hydrogens is 192 g/mol. The van der Waals surface area contributed by atoms with E-state index in [-0.39, 0.29) is 11.3 Å². The molecule has 0 aliphatic heterocycles. The normalized spacial score (nSPS) is 10.2. The molecule has 0 atom stereocenters. The zero-order chi connectivity index (χ0) is 10.8. The maximum absolute atomic E-state index is 11.5. The molecule has 1 heterocycles. The molecule has 3 nitrogen and oxygen atoms in total. The molecule has 0 bridgehead atoms. The lowest BCUT2D eigenvalue weighted by Gasteiger charge is -2.04. The highest BCUT2D eigenvalue weighted by molar-refractivity contribution is 5.69. The molecule has 0 aliphatic rings. The van der Waals surface area contributed by atoms with E-state index in [0.717, 1.165) is 0 Å². The number of aromatic hydroxyl groups is 1. The Bertz CT molecular complexity index is 526. The van der Waals surface area contributed by atoms with Gasteiger partial charge in [-0.1, -0.05) is 30.3 Å². The van der Waals surface area contributed by atoms with Crippen molar-refractivity contribution in [3.63, 3.8) is 0 Å². The van der Waals surface area contributed by atoms with Crippen LogP contribution < -0.4 is 5.63 Å². The van der Waals surface area contributed by atoms with Gasteiger partial charge in [0, 0.05) is 5.56 Å². The fraction of sp³-hybridized carbons (Fsp3) is 0.0833. The molecule has 1 aromatic carbocycles. The lowest BCUT2D eigenvalue weighted by atomic mass is 10.1. The van der Waals surface area contributed by atoms with Gasteiger partial charge in [0.25, 0.3) is 0 Å². The average Bonchev–Trinajstić information content (AvgIpc) is 2.26. The molecule has 0 radical (unpaired) electrons. The number of hydrogen-bond acceptors (Lipinski definition) is 3. The van der Waals surface area contributed by atoms with Gasteiger partial charge in [0.05, 0.1) is 0 Å². The second kappa shape index (κ2) is 3.61. The smallest absolute Gasteiger partial charge is 0.347 e. The summed E-state index contributed by atoms with van der Waals surface area (Å²) in [5, 5.41) is 9.77. The summed E-state index contributed by atoms with van der Waals surface area (Å²) < 4.78 is 4.81. The highest BCUT2D eigenvalue weighted by Gasteiger charge is 2.12. The van der Waals surface area contributed by atoms with Crippen molar-refractivity contribution in [2.75, 3.05) is 0 Å². The molecule has 15 heavy (non-hydrogen) atoms. The molecule has 0 saturated heterocycles. The van der Waals surface area contributed by atoms with Crippen molar-refractivity contribution in [3.05, 3.63) is 52.6 Å². The highest BCUT2D eigenvalue weighted by Crippen LogP contribution is 2.27. The summed E-state index contributed by atoms with van der Waals surface area (Å²) in [6, 6.07) is 8.96. The maximum Gasteiger partial charge on any atom is 0.347 e. The third kappa shape index (κ3) is 1.64. The first-order valence-corrected chi connectivity index (χ1v) is 4.57. The molecular formula is C12H10O3. The van der Waals surface area contributed by atoms with Gasteiger partial charge in [-0.25, -0.2) is 4.79 Å². The number of benzene rings is 1. The average molecular weight is 202 g/mol. The first kappa shape index (κ1) is 9.52. The third-order valence-electron chi connectivity index (χ3n) is 2.22. The molecule has 0 aliphatic carbocycles. The summed E-state index contributed by atoms with van der Waals surface area (Å²) in [4.78, 5) is 11.5. The molecule has 1 N–H and O–H groups in total. The molecule has 0 amide bonds. The Hall–Kier alpha value is -2.03. The van der Waals surface area contributed by atoms with Crippen molar-refractivity contribution < 1.29 is 9.52 Å². The molecule has 0 saturated carbocycles. The van der Waals surface area contributed by atoms with E-state index in [1.807, 2.05) is 6.07 Å². The number of rotatable bonds is 1. The fourth-order valence-electron chi connectivity index (χ4n) is 1.41. The van der Waals surface area contributed by atoms with Gasteiger partial charge >= 0.3 is 5.63 Å². The Morgan fingerprint density at radius 1 is 1.20 bits per heavy atom. The van der Waals surface area contributed by atoms with Crippen LogP contribution in [0.1, 0.15) is 5.56 Å². The standard InChI is InChI=1S/C12H10O3/c1-8-7-15-12(14)10(11(8)13)9-5-3-2-4-6-9/h2-7,13H,1H3. The Morgan fingerprint density at radius 3 is 2.53 bits per heavy atom. The van der Waals surface area contributed by atoms with Crippen molar-refractivity contribution in [1.82, 2.24) is 0 Å². The van der Waals surface area contributed by atoms with Gasteiger partial charge in [-0.3, -0.25) is 0 Å². The monoisotopic (exact) mass is 202 g/mol. The van der Waals surface area contributed by atoms with Crippen LogP contribution in [0.5, 0.6) is 5.75 Å². The van der Waals surface area contributed by atoms with Crippen molar-refractivity contribution in [3.8, 4) is 16.9 Å². The van der Waals surface area contributed by atoms with Crippen LogP contribution in [0, 0.1) is 6.92 Å². The van der Waals surface area contributed by atoms with Crippen LogP contribution >= 0.6 is 0 Å². The zero-order valence-corrected chi connectivity index (χ0v) is 8.23. The van der Waals surface area contributed by atoms with E-state index < -0.39 is 5.63 Å². The zero-order valence-electron chi connectivity index (χ0n) is 8.23. The lowest BCUT2D eigenvalue weighted by Crippen LogP contribution is -2.03. The Labute approximate surface area is 86.6 Å². The van der Waals surface area contributed by atoms with Crippen LogP contribution in [-0.2, 0) is 0 Å². The van der Waals surface area contributed by atoms with Gasteiger partial charge in [0.2, 0.25) is 0 Å². The van der Waals surface area contributed by atoms with Crippen LogP contribution in [0.15, 0.2) is 45.8 Å². The molecule has 2 aromatic rings. The van der Waals surface area contributed by atoms with E-state index in [9.17, 15) is 9.90 Å². The van der Waals surface area contributed by atoms with E-state index >= 15 is 0 Å². The molecule has 3 heteroatoms. The van der Waals surface area contributed by atoms with Gasteiger partial charge in [0.1, 0.15) is 17.6 Å². The molecule has 0 spiro atoms. The second-order valence-electron chi connectivity index (χ2n) is 3.30. The summed E-state index contributed by atoms with van der Waals surface area (Å²) in [7, 11) is 0. The number of aryl methyl sites for hydroxylation is 1. The predicted molar refractivity (Wildman–Crippen MR) is 56.8 cm³/mol. The quantitative estimate of drug-likeness (QED) is 0.772. The maximum atomic E-state index is 11.5. The summed E-state index contributed by atoms with van der Waals surface area (Å²) in [5.74, 6) is -0.0162. The van der Waals surface area contributed by atoms with E-state index in [2.05, 4.69) is 0 Å². The van der Waals surface area contributed by atoms with Gasteiger partial charge in [-0.15, -0.1) is 0 Å². The highest BCUT2D eigenvalue weighted by atomic mass is 16.4. The largest absolute Gasteiger partial charge is 0.507 e. The Morgan fingerprint density at radius 2 is 1.87 bits per heavy atom. The van der Waals surface area contributed by atoms with Gasteiger partial charge in [0.15, 0.2) is 0 Å². The fourth-order valence-corrected chi connectivity index (χ4v) is 1.41. The number of hydrogen-bond donors (Lipinski definition) is 1. The van der Waals surface area contributed by atoms with Crippen molar-refractivity contribution >= 4 is 0 Å². The third-order valence-corrected chi connectivity index (χ3v) is 2.22.